The van der Waals surface area contributed by atoms with E-state index in [1.54, 1.807) is 0 Å². The van der Waals surface area contributed by atoms with Gasteiger partial charge in [0, 0.05) is 24.8 Å². The molecule has 1 fully saturated rings. The number of carbonyl (C=O) groups is 1. The van der Waals surface area contributed by atoms with Crippen LogP contribution in [0.15, 0.2) is 24.3 Å². The van der Waals surface area contributed by atoms with Gasteiger partial charge in [-0.25, -0.2) is 0 Å². The number of carbonyl (C=O) groups excluding carboxylic acids is 1. The molecule has 2 atom stereocenters. The number of nitrogens with zero attached hydrogens (tertiary/aromatic N) is 2. The number of rotatable bonds is 5. The van der Waals surface area contributed by atoms with Crippen LogP contribution in [0, 0.1) is 12.8 Å². The highest BCUT2D eigenvalue weighted by molar-refractivity contribution is 5.95. The van der Waals surface area contributed by atoms with E-state index in [9.17, 15) is 4.79 Å². The van der Waals surface area contributed by atoms with Crippen molar-refractivity contribution >= 4 is 11.6 Å². The summed E-state index contributed by atoms with van der Waals surface area (Å²) < 4.78 is 0. The van der Waals surface area contributed by atoms with Crippen molar-refractivity contribution in [3.8, 4) is 0 Å². The Kier molecular flexibility index (Phi) is 5.37. The average Bonchev–Trinajstić information content (AvgIpc) is 2.82. The zero-order chi connectivity index (χ0) is 15.4. The predicted molar refractivity (Wildman–Crippen MR) is 87.4 cm³/mol. The lowest BCUT2D eigenvalue weighted by molar-refractivity contribution is -0.119. The molecule has 1 aliphatic heterocycles. The zero-order valence-corrected chi connectivity index (χ0v) is 13.4. The van der Waals surface area contributed by atoms with Crippen LogP contribution < -0.4 is 10.6 Å². The standard InChI is InChI=1S/C17H27N3O/c1-4-20(16-8-6-5-7-13(16)2)17(21)12-19-11-15(10-18)9-14(19)3/h5-8,14-15H,4,9-12,18H2,1-3H3. The van der Waals surface area contributed by atoms with Gasteiger partial charge in [-0.2, -0.15) is 0 Å². The second-order valence-electron chi connectivity index (χ2n) is 6.04. The van der Waals surface area contributed by atoms with Crippen LogP contribution in [0.4, 0.5) is 5.69 Å². The summed E-state index contributed by atoms with van der Waals surface area (Å²) in [5.74, 6) is 0.706. The van der Waals surface area contributed by atoms with Gasteiger partial charge in [0.05, 0.1) is 6.54 Å². The molecule has 0 bridgehead atoms. The van der Waals surface area contributed by atoms with Crippen molar-refractivity contribution in [2.45, 2.75) is 33.2 Å². The van der Waals surface area contributed by atoms with Crippen molar-refractivity contribution in [3.63, 3.8) is 0 Å². The molecule has 0 spiro atoms. The minimum atomic E-state index is 0.177. The van der Waals surface area contributed by atoms with Gasteiger partial charge in [-0.05, 0) is 51.3 Å². The van der Waals surface area contributed by atoms with E-state index in [-0.39, 0.29) is 5.91 Å². The minimum absolute atomic E-state index is 0.177. The molecule has 0 aromatic heterocycles. The molecule has 2 unspecified atom stereocenters. The molecule has 2 rings (SSSR count). The number of anilines is 1. The van der Waals surface area contributed by atoms with Gasteiger partial charge in [-0.15, -0.1) is 0 Å². The Hall–Kier alpha value is -1.39. The SMILES string of the molecule is CCN(C(=O)CN1CC(CN)CC1C)c1ccccc1C. The number of hydrogen-bond donors (Lipinski definition) is 1. The van der Waals surface area contributed by atoms with Gasteiger partial charge in [0.1, 0.15) is 0 Å². The Morgan fingerprint density at radius 1 is 1.43 bits per heavy atom. The van der Waals surface area contributed by atoms with Crippen molar-refractivity contribution in [2.24, 2.45) is 11.7 Å². The summed E-state index contributed by atoms with van der Waals surface area (Å²) in [6.45, 7) is 9.10. The highest BCUT2D eigenvalue weighted by Gasteiger charge is 2.30. The van der Waals surface area contributed by atoms with E-state index < -0.39 is 0 Å². The van der Waals surface area contributed by atoms with Crippen molar-refractivity contribution in [1.29, 1.82) is 0 Å². The normalized spacial score (nSPS) is 22.5. The van der Waals surface area contributed by atoms with E-state index in [1.165, 1.54) is 0 Å². The lowest BCUT2D eigenvalue weighted by atomic mass is 10.1. The Labute approximate surface area is 127 Å². The van der Waals surface area contributed by atoms with E-state index in [4.69, 9.17) is 5.73 Å². The van der Waals surface area contributed by atoms with E-state index in [0.29, 0.717) is 31.6 Å². The number of nitrogens with two attached hydrogens (primary N) is 1. The first-order valence-electron chi connectivity index (χ1n) is 7.86. The molecule has 0 aliphatic carbocycles. The monoisotopic (exact) mass is 289 g/mol. The maximum absolute atomic E-state index is 12.7. The molecule has 1 aliphatic rings. The van der Waals surface area contributed by atoms with Crippen molar-refractivity contribution in [3.05, 3.63) is 29.8 Å². The Morgan fingerprint density at radius 2 is 2.14 bits per heavy atom. The zero-order valence-electron chi connectivity index (χ0n) is 13.4. The summed E-state index contributed by atoms with van der Waals surface area (Å²) in [6, 6.07) is 8.51. The molecule has 0 saturated carbocycles. The van der Waals surface area contributed by atoms with Crippen molar-refractivity contribution in [1.82, 2.24) is 4.90 Å². The molecule has 1 aromatic rings. The molecule has 1 saturated heterocycles. The van der Waals surface area contributed by atoms with Crippen LogP contribution >= 0.6 is 0 Å². The minimum Gasteiger partial charge on any atom is -0.330 e. The molecular formula is C17H27N3O. The highest BCUT2D eigenvalue weighted by Crippen LogP contribution is 2.24. The molecule has 0 radical (unpaired) electrons. The number of para-hydroxylation sites is 1. The summed E-state index contributed by atoms with van der Waals surface area (Å²) >= 11 is 0. The van der Waals surface area contributed by atoms with Gasteiger partial charge >= 0.3 is 0 Å². The van der Waals surface area contributed by atoms with Gasteiger partial charge < -0.3 is 10.6 Å². The third-order valence-corrected chi connectivity index (χ3v) is 4.49. The maximum atomic E-state index is 12.7. The van der Waals surface area contributed by atoms with Crippen molar-refractivity contribution in [2.75, 3.05) is 31.1 Å². The first-order chi connectivity index (χ1) is 10.1. The van der Waals surface area contributed by atoms with Crippen LogP contribution in [0.3, 0.4) is 0 Å². The largest absolute Gasteiger partial charge is 0.330 e. The molecule has 4 heteroatoms. The Morgan fingerprint density at radius 3 is 2.71 bits per heavy atom. The summed E-state index contributed by atoms with van der Waals surface area (Å²) in [5.41, 5.74) is 7.93. The molecule has 116 valence electrons. The predicted octanol–water partition coefficient (Wildman–Crippen LogP) is 2.02. The average molecular weight is 289 g/mol. The first kappa shape index (κ1) is 16.0. The van der Waals surface area contributed by atoms with E-state index in [1.807, 2.05) is 43.0 Å². The summed E-state index contributed by atoms with van der Waals surface area (Å²) in [7, 11) is 0. The fraction of sp³-hybridized carbons (Fsp3) is 0.588. The molecule has 4 nitrogen and oxygen atoms in total. The van der Waals surface area contributed by atoms with E-state index >= 15 is 0 Å². The number of amides is 1. The first-order valence-corrected chi connectivity index (χ1v) is 7.86. The van der Waals surface area contributed by atoms with E-state index in [0.717, 1.165) is 24.2 Å². The number of likely N-dealkylation sites (tertiary alicyclic amines) is 1. The quantitative estimate of drug-likeness (QED) is 0.902. The maximum Gasteiger partial charge on any atom is 0.241 e. The van der Waals surface area contributed by atoms with Gasteiger partial charge in [0.2, 0.25) is 5.91 Å². The summed E-state index contributed by atoms with van der Waals surface area (Å²) in [4.78, 5) is 16.8. The van der Waals surface area contributed by atoms with Crippen LogP contribution in [-0.4, -0.2) is 43.0 Å². The van der Waals surface area contributed by atoms with Crippen LogP contribution in [0.2, 0.25) is 0 Å². The summed E-state index contributed by atoms with van der Waals surface area (Å²) in [5, 5.41) is 0. The molecule has 1 heterocycles. The number of aryl methyl sites for hydroxylation is 1. The molecule has 2 N–H and O–H groups in total. The second-order valence-corrected chi connectivity index (χ2v) is 6.04. The second kappa shape index (κ2) is 7.05. The molecular weight excluding hydrogens is 262 g/mol. The lowest BCUT2D eigenvalue weighted by Crippen LogP contribution is -2.42. The fourth-order valence-electron chi connectivity index (χ4n) is 3.22. The number of hydrogen-bond acceptors (Lipinski definition) is 3. The van der Waals surface area contributed by atoms with Crippen LogP contribution in [0.1, 0.15) is 25.8 Å². The van der Waals surface area contributed by atoms with Gasteiger partial charge in [0.25, 0.3) is 0 Å². The molecule has 21 heavy (non-hydrogen) atoms. The Bertz CT molecular complexity index is 489. The number of likely N-dealkylation sites (N-methyl/N-ethyl adjacent to an activating group) is 1. The topological polar surface area (TPSA) is 49.6 Å². The molecule has 1 aromatic carbocycles. The van der Waals surface area contributed by atoms with Crippen LogP contribution in [0.25, 0.3) is 0 Å². The molecule has 1 amide bonds. The highest BCUT2D eigenvalue weighted by atomic mass is 16.2. The lowest BCUT2D eigenvalue weighted by Gasteiger charge is -2.27. The van der Waals surface area contributed by atoms with Crippen LogP contribution in [-0.2, 0) is 4.79 Å². The summed E-state index contributed by atoms with van der Waals surface area (Å²) in [6.07, 6.45) is 1.10. The third-order valence-electron chi connectivity index (χ3n) is 4.49. The van der Waals surface area contributed by atoms with Crippen molar-refractivity contribution < 1.29 is 4.79 Å². The fourth-order valence-corrected chi connectivity index (χ4v) is 3.22. The number of benzene rings is 1. The third kappa shape index (κ3) is 3.63. The van der Waals surface area contributed by atoms with E-state index in [2.05, 4.69) is 11.8 Å². The van der Waals surface area contributed by atoms with Crippen LogP contribution in [0.5, 0.6) is 0 Å². The van der Waals surface area contributed by atoms with Gasteiger partial charge in [-0.1, -0.05) is 18.2 Å². The van der Waals surface area contributed by atoms with Gasteiger partial charge in [0.15, 0.2) is 0 Å². The smallest absolute Gasteiger partial charge is 0.241 e. The Balaban J connectivity index is 2.06. The van der Waals surface area contributed by atoms with Gasteiger partial charge in [-0.3, -0.25) is 9.69 Å².